The molecule has 0 aliphatic heterocycles. The highest BCUT2D eigenvalue weighted by Crippen LogP contribution is 2.31. The Hall–Kier alpha value is -1.10. The molecular formula is C15H19ClN2OS. The molecule has 0 amide bonds. The first-order valence-electron chi connectivity index (χ1n) is 6.48. The summed E-state index contributed by atoms with van der Waals surface area (Å²) in [5.41, 5.74) is 2.19. The van der Waals surface area contributed by atoms with Gasteiger partial charge in [0.15, 0.2) is 0 Å². The molecule has 0 aliphatic rings. The van der Waals surface area contributed by atoms with E-state index in [1.165, 1.54) is 4.88 Å². The van der Waals surface area contributed by atoms with Crippen LogP contribution in [-0.2, 0) is 6.42 Å². The highest BCUT2D eigenvalue weighted by atomic mass is 35.5. The van der Waals surface area contributed by atoms with Crippen molar-refractivity contribution in [3.63, 3.8) is 0 Å². The molecule has 0 saturated carbocycles. The van der Waals surface area contributed by atoms with E-state index in [1.807, 2.05) is 32.2 Å². The van der Waals surface area contributed by atoms with Crippen LogP contribution in [0.5, 0.6) is 5.75 Å². The molecule has 0 spiro atoms. The van der Waals surface area contributed by atoms with E-state index >= 15 is 0 Å². The van der Waals surface area contributed by atoms with E-state index in [1.54, 1.807) is 18.4 Å². The molecule has 1 atom stereocenters. The van der Waals surface area contributed by atoms with E-state index in [0.29, 0.717) is 0 Å². The fourth-order valence-corrected chi connectivity index (χ4v) is 3.56. The standard InChI is InChI=1S/C15H19ClN2OS/c1-9-15(20-10(2)18-9)13(17-3)8-11-7-12(16)5-6-14(11)19-4/h5-7,13,17H,8H2,1-4H3. The van der Waals surface area contributed by atoms with Crippen LogP contribution >= 0.6 is 22.9 Å². The van der Waals surface area contributed by atoms with Crippen LogP contribution in [0.25, 0.3) is 0 Å². The number of halogens is 1. The lowest BCUT2D eigenvalue weighted by atomic mass is 10.0. The van der Waals surface area contributed by atoms with Crippen LogP contribution in [0, 0.1) is 13.8 Å². The summed E-state index contributed by atoms with van der Waals surface area (Å²) < 4.78 is 5.42. The molecule has 1 aromatic carbocycles. The smallest absolute Gasteiger partial charge is 0.122 e. The molecule has 1 unspecified atom stereocenters. The molecule has 0 saturated heterocycles. The third-order valence-corrected chi connectivity index (χ3v) is 4.69. The van der Waals surface area contributed by atoms with Crippen molar-refractivity contribution in [3.05, 3.63) is 44.4 Å². The number of aryl methyl sites for hydroxylation is 2. The molecule has 1 N–H and O–H groups in total. The van der Waals surface area contributed by atoms with Crippen LogP contribution in [0.15, 0.2) is 18.2 Å². The molecule has 2 aromatic rings. The molecule has 3 nitrogen and oxygen atoms in total. The van der Waals surface area contributed by atoms with Crippen molar-refractivity contribution < 1.29 is 4.74 Å². The zero-order chi connectivity index (χ0) is 14.7. The zero-order valence-electron chi connectivity index (χ0n) is 12.2. The predicted octanol–water partition coefficient (Wildman–Crippen LogP) is 3.93. The Morgan fingerprint density at radius 2 is 2.15 bits per heavy atom. The Labute approximate surface area is 129 Å². The summed E-state index contributed by atoms with van der Waals surface area (Å²) in [4.78, 5) is 5.77. The molecular weight excluding hydrogens is 292 g/mol. The molecule has 1 heterocycles. The summed E-state index contributed by atoms with van der Waals surface area (Å²) in [7, 11) is 3.65. The average molecular weight is 311 g/mol. The molecule has 20 heavy (non-hydrogen) atoms. The van der Waals surface area contributed by atoms with Crippen molar-refractivity contribution in [2.45, 2.75) is 26.3 Å². The monoisotopic (exact) mass is 310 g/mol. The summed E-state index contributed by atoms with van der Waals surface area (Å²) in [5, 5.41) is 5.19. The number of rotatable bonds is 5. The summed E-state index contributed by atoms with van der Waals surface area (Å²) in [5.74, 6) is 0.869. The maximum absolute atomic E-state index is 6.10. The number of hydrogen-bond acceptors (Lipinski definition) is 4. The lowest BCUT2D eigenvalue weighted by Crippen LogP contribution is -2.19. The van der Waals surface area contributed by atoms with Gasteiger partial charge in [-0.15, -0.1) is 11.3 Å². The van der Waals surface area contributed by atoms with Crippen molar-refractivity contribution in [3.8, 4) is 5.75 Å². The number of likely N-dealkylation sites (N-methyl/N-ethyl adjacent to an activating group) is 1. The van der Waals surface area contributed by atoms with Gasteiger partial charge in [-0.2, -0.15) is 0 Å². The number of thiazole rings is 1. The van der Waals surface area contributed by atoms with E-state index in [2.05, 4.69) is 17.2 Å². The predicted molar refractivity (Wildman–Crippen MR) is 85.1 cm³/mol. The van der Waals surface area contributed by atoms with Gasteiger partial charge >= 0.3 is 0 Å². The first kappa shape index (κ1) is 15.3. The lowest BCUT2D eigenvalue weighted by molar-refractivity contribution is 0.406. The molecule has 108 valence electrons. The van der Waals surface area contributed by atoms with E-state index in [4.69, 9.17) is 16.3 Å². The quantitative estimate of drug-likeness (QED) is 0.908. The van der Waals surface area contributed by atoms with Gasteiger partial charge in [0.05, 0.1) is 17.8 Å². The fourth-order valence-electron chi connectivity index (χ4n) is 2.32. The SMILES string of the molecule is CNC(Cc1cc(Cl)ccc1OC)c1sc(C)nc1C. The van der Waals surface area contributed by atoms with Gasteiger partial charge in [0, 0.05) is 15.9 Å². The normalized spacial score (nSPS) is 12.4. The van der Waals surface area contributed by atoms with Gasteiger partial charge in [-0.05, 0) is 51.1 Å². The second-order valence-electron chi connectivity index (χ2n) is 4.68. The minimum Gasteiger partial charge on any atom is -0.496 e. The van der Waals surface area contributed by atoms with Crippen LogP contribution in [0.1, 0.15) is 27.2 Å². The van der Waals surface area contributed by atoms with E-state index in [-0.39, 0.29) is 6.04 Å². The molecule has 0 radical (unpaired) electrons. The highest BCUT2D eigenvalue weighted by Gasteiger charge is 2.18. The number of aromatic nitrogens is 1. The Bertz CT molecular complexity index is 598. The van der Waals surface area contributed by atoms with Crippen molar-refractivity contribution in [2.75, 3.05) is 14.2 Å². The van der Waals surface area contributed by atoms with Gasteiger partial charge in [0.25, 0.3) is 0 Å². The molecule has 1 aromatic heterocycles. The van der Waals surface area contributed by atoms with Gasteiger partial charge < -0.3 is 10.1 Å². The average Bonchev–Trinajstić information content (AvgIpc) is 2.75. The van der Waals surface area contributed by atoms with Crippen LogP contribution in [0.4, 0.5) is 0 Å². The number of ether oxygens (including phenoxy) is 1. The van der Waals surface area contributed by atoms with Crippen LogP contribution in [0.3, 0.4) is 0 Å². The largest absolute Gasteiger partial charge is 0.496 e. The van der Waals surface area contributed by atoms with Gasteiger partial charge in [-0.3, -0.25) is 0 Å². The summed E-state index contributed by atoms with van der Waals surface area (Å²) >= 11 is 7.83. The minimum absolute atomic E-state index is 0.216. The topological polar surface area (TPSA) is 34.1 Å². The fraction of sp³-hybridized carbons (Fsp3) is 0.400. The second kappa shape index (κ2) is 6.57. The molecule has 0 bridgehead atoms. The maximum atomic E-state index is 6.10. The second-order valence-corrected chi connectivity index (χ2v) is 6.36. The highest BCUT2D eigenvalue weighted by molar-refractivity contribution is 7.11. The number of nitrogens with zero attached hydrogens (tertiary/aromatic N) is 1. The van der Waals surface area contributed by atoms with Crippen LogP contribution in [0.2, 0.25) is 5.02 Å². The minimum atomic E-state index is 0.216. The number of benzene rings is 1. The molecule has 2 rings (SSSR count). The molecule has 0 aliphatic carbocycles. The van der Waals surface area contributed by atoms with Crippen molar-refractivity contribution in [1.82, 2.24) is 10.3 Å². The summed E-state index contributed by atoms with van der Waals surface area (Å²) in [6.07, 6.45) is 0.822. The number of methoxy groups -OCH3 is 1. The third-order valence-electron chi connectivity index (χ3n) is 3.27. The van der Waals surface area contributed by atoms with Crippen molar-refractivity contribution in [1.29, 1.82) is 0 Å². The number of nitrogens with one attached hydrogen (secondary N) is 1. The first-order chi connectivity index (χ1) is 9.55. The Morgan fingerprint density at radius 1 is 1.40 bits per heavy atom. The van der Waals surface area contributed by atoms with Crippen molar-refractivity contribution >= 4 is 22.9 Å². The number of hydrogen-bond donors (Lipinski definition) is 1. The van der Waals surface area contributed by atoms with Gasteiger partial charge in [-0.25, -0.2) is 4.98 Å². The van der Waals surface area contributed by atoms with Crippen molar-refractivity contribution in [2.24, 2.45) is 0 Å². The molecule has 5 heteroatoms. The van der Waals surface area contributed by atoms with Crippen LogP contribution in [-0.4, -0.2) is 19.1 Å². The Morgan fingerprint density at radius 3 is 2.70 bits per heavy atom. The molecule has 0 fully saturated rings. The summed E-state index contributed by atoms with van der Waals surface area (Å²) in [6.45, 7) is 4.09. The lowest BCUT2D eigenvalue weighted by Gasteiger charge is -2.17. The maximum Gasteiger partial charge on any atom is 0.122 e. The van der Waals surface area contributed by atoms with E-state index in [0.717, 1.165) is 33.5 Å². The zero-order valence-corrected chi connectivity index (χ0v) is 13.7. The Balaban J connectivity index is 2.31. The third kappa shape index (κ3) is 3.32. The van der Waals surface area contributed by atoms with E-state index < -0.39 is 0 Å². The first-order valence-corrected chi connectivity index (χ1v) is 7.68. The van der Waals surface area contributed by atoms with Gasteiger partial charge in [0.2, 0.25) is 0 Å². The summed E-state index contributed by atoms with van der Waals surface area (Å²) in [6, 6.07) is 5.94. The van der Waals surface area contributed by atoms with E-state index in [9.17, 15) is 0 Å². The van der Waals surface area contributed by atoms with Gasteiger partial charge in [-0.1, -0.05) is 11.6 Å². The Kier molecular flexibility index (Phi) is 5.02. The van der Waals surface area contributed by atoms with Crippen LogP contribution < -0.4 is 10.1 Å². The van der Waals surface area contributed by atoms with Gasteiger partial charge in [0.1, 0.15) is 5.75 Å².